The number of rotatable bonds is 13. The summed E-state index contributed by atoms with van der Waals surface area (Å²) in [4.78, 5) is 53.3. The number of nitriles is 1. The number of benzene rings is 2. The zero-order valence-electron chi connectivity index (χ0n) is 27.2. The number of alkyl carbamates (subject to hydrolysis) is 1. The van der Waals surface area contributed by atoms with Gasteiger partial charge in [0.25, 0.3) is 0 Å². The molecule has 2 atom stereocenters. The molecule has 0 spiro atoms. The van der Waals surface area contributed by atoms with E-state index in [1.54, 1.807) is 52.9 Å². The molecule has 0 aliphatic rings. The lowest BCUT2D eigenvalue weighted by atomic mass is 10.0. The van der Waals surface area contributed by atoms with E-state index in [1.807, 2.05) is 31.2 Å². The minimum atomic E-state index is -0.965. The van der Waals surface area contributed by atoms with Crippen LogP contribution in [0.5, 0.6) is 0 Å². The molecule has 13 heteroatoms. The molecule has 0 saturated heterocycles. The number of nitrogens with two attached hydrogens (primary N) is 1. The molecule has 0 fully saturated rings. The molecule has 13 nitrogen and oxygen atoms in total. The molecule has 0 unspecified atom stereocenters. The third-order valence-electron chi connectivity index (χ3n) is 7.09. The average molecular weight is 633 g/mol. The maximum absolute atomic E-state index is 13.4. The summed E-state index contributed by atoms with van der Waals surface area (Å²) in [7, 11) is 0. The normalized spacial score (nSPS) is 12.5. The van der Waals surface area contributed by atoms with Gasteiger partial charge in [0.05, 0.1) is 16.8 Å². The highest BCUT2D eigenvalue weighted by molar-refractivity contribution is 5.99. The molecule has 1 heterocycles. The molecule has 5 amide bonds. The predicted octanol–water partition coefficient (Wildman–Crippen LogP) is 4.38. The minimum Gasteiger partial charge on any atom is -0.444 e. The Morgan fingerprint density at radius 3 is 2.33 bits per heavy atom. The second-order valence-electron chi connectivity index (χ2n) is 12.4. The molecule has 0 aliphatic heterocycles. The SMILES string of the molecule is Cc1ccc(NCc2ccc(NC(=O)[C@H](CCCNC(N)=O)NC(=O)[C@@H](NC(=O)OC(C)(C)C)C(C)C)cc2)c2[nH]cc(C#N)c12. The summed E-state index contributed by atoms with van der Waals surface area (Å²) < 4.78 is 5.30. The zero-order valence-corrected chi connectivity index (χ0v) is 27.2. The van der Waals surface area contributed by atoms with Crippen LogP contribution in [0.1, 0.15) is 64.2 Å². The summed E-state index contributed by atoms with van der Waals surface area (Å²) in [5.74, 6) is -1.30. The number of carbonyl (C=O) groups excluding carboxylic acids is 4. The van der Waals surface area contributed by atoms with Gasteiger partial charge < -0.3 is 42.0 Å². The number of H-pyrrole nitrogens is 1. The number of nitrogens with zero attached hydrogens (tertiary/aromatic N) is 1. The van der Waals surface area contributed by atoms with Crippen molar-refractivity contribution < 1.29 is 23.9 Å². The van der Waals surface area contributed by atoms with Gasteiger partial charge in [-0.05, 0) is 75.8 Å². The van der Waals surface area contributed by atoms with E-state index >= 15 is 0 Å². The number of urea groups is 1. The fourth-order valence-electron chi connectivity index (χ4n) is 4.81. The number of nitrogens with one attached hydrogen (secondary N) is 6. The molecule has 2 aromatic carbocycles. The molecule has 246 valence electrons. The van der Waals surface area contributed by atoms with E-state index in [4.69, 9.17) is 10.5 Å². The van der Waals surface area contributed by atoms with Crippen LogP contribution in [-0.2, 0) is 20.9 Å². The Balaban J connectivity index is 1.67. The number of anilines is 2. The van der Waals surface area contributed by atoms with Crippen LogP contribution in [0.15, 0.2) is 42.6 Å². The van der Waals surface area contributed by atoms with Crippen LogP contribution in [0.25, 0.3) is 10.9 Å². The molecule has 46 heavy (non-hydrogen) atoms. The molecule has 8 N–H and O–H groups in total. The Hall–Kier alpha value is -5.25. The second-order valence-corrected chi connectivity index (χ2v) is 12.4. The summed E-state index contributed by atoms with van der Waals surface area (Å²) in [5.41, 5.74) is 9.21. The fourth-order valence-corrected chi connectivity index (χ4v) is 4.81. The number of carbonyl (C=O) groups is 4. The predicted molar refractivity (Wildman–Crippen MR) is 177 cm³/mol. The Labute approximate surface area is 269 Å². The first-order valence-corrected chi connectivity index (χ1v) is 15.2. The highest BCUT2D eigenvalue weighted by Gasteiger charge is 2.30. The number of aromatic nitrogens is 1. The van der Waals surface area contributed by atoms with Crippen molar-refractivity contribution in [3.8, 4) is 6.07 Å². The average Bonchev–Trinajstić information content (AvgIpc) is 3.42. The van der Waals surface area contributed by atoms with E-state index in [9.17, 15) is 24.4 Å². The molecule has 1 aromatic heterocycles. The van der Waals surface area contributed by atoms with Crippen molar-refractivity contribution in [2.75, 3.05) is 17.2 Å². The first kappa shape index (κ1) is 35.2. The van der Waals surface area contributed by atoms with Crippen LogP contribution in [0.3, 0.4) is 0 Å². The highest BCUT2D eigenvalue weighted by atomic mass is 16.6. The van der Waals surface area contributed by atoms with Crippen molar-refractivity contribution in [3.63, 3.8) is 0 Å². The van der Waals surface area contributed by atoms with Gasteiger partial charge in [-0.25, -0.2) is 9.59 Å². The van der Waals surface area contributed by atoms with Crippen LogP contribution in [0.2, 0.25) is 0 Å². The van der Waals surface area contributed by atoms with Gasteiger partial charge in [0.1, 0.15) is 23.8 Å². The van der Waals surface area contributed by atoms with Crippen LogP contribution in [-0.4, -0.2) is 53.2 Å². The van der Waals surface area contributed by atoms with Gasteiger partial charge in [-0.15, -0.1) is 0 Å². The second kappa shape index (κ2) is 15.7. The van der Waals surface area contributed by atoms with Gasteiger partial charge in [-0.1, -0.05) is 32.0 Å². The number of ether oxygens (including phenoxy) is 1. The van der Waals surface area contributed by atoms with Crippen molar-refractivity contribution in [3.05, 3.63) is 59.3 Å². The highest BCUT2D eigenvalue weighted by Crippen LogP contribution is 2.28. The van der Waals surface area contributed by atoms with Gasteiger partial charge in [-0.3, -0.25) is 9.59 Å². The van der Waals surface area contributed by atoms with Gasteiger partial charge in [-0.2, -0.15) is 5.26 Å². The Bertz CT molecular complexity index is 1580. The number of fused-ring (bicyclic) bond motifs is 1. The monoisotopic (exact) mass is 632 g/mol. The van der Waals surface area contributed by atoms with Gasteiger partial charge >= 0.3 is 12.1 Å². The summed E-state index contributed by atoms with van der Waals surface area (Å²) in [6.07, 6.45) is 1.52. The molecule has 0 radical (unpaired) electrons. The first-order valence-electron chi connectivity index (χ1n) is 15.2. The Kier molecular flexibility index (Phi) is 12.0. The number of hydrogen-bond donors (Lipinski definition) is 7. The van der Waals surface area contributed by atoms with Crippen molar-refractivity contribution in [1.29, 1.82) is 5.26 Å². The summed E-state index contributed by atoms with van der Waals surface area (Å²) in [6.45, 7) is 11.4. The van der Waals surface area contributed by atoms with E-state index in [1.165, 1.54) is 0 Å². The first-order chi connectivity index (χ1) is 21.7. The number of hydrogen-bond acceptors (Lipinski definition) is 7. The molecule has 0 aliphatic carbocycles. The van der Waals surface area contributed by atoms with Crippen LogP contribution in [0, 0.1) is 24.2 Å². The number of amides is 5. The topological polar surface area (TPSA) is 203 Å². The van der Waals surface area contributed by atoms with Crippen molar-refractivity contribution in [2.45, 2.75) is 78.6 Å². The standard InChI is InChI=1S/C33H44N8O5/c1-19(2)27(41-32(45)46-33(4,5)6)30(43)40-25(8-7-15-36-31(35)44)29(42)39-23-12-10-21(11-13-23)17-37-24-14-9-20(3)26-22(16-34)18-38-28(24)26/h9-14,18-19,25,27,37-38H,7-8,15,17H2,1-6H3,(H,39,42)(H,40,43)(H,41,45)(H3,35,36,44)/t25-,27-/m0/s1. The van der Waals surface area contributed by atoms with E-state index < -0.39 is 41.6 Å². The van der Waals surface area contributed by atoms with Crippen LogP contribution >= 0.6 is 0 Å². The molecule has 0 bridgehead atoms. The van der Waals surface area contributed by atoms with Crippen LogP contribution < -0.4 is 32.3 Å². The van der Waals surface area contributed by atoms with Gasteiger partial charge in [0, 0.05) is 30.4 Å². The van der Waals surface area contributed by atoms with Crippen molar-refractivity contribution >= 4 is 46.2 Å². The molecule has 3 aromatic rings. The number of primary amides is 1. The Morgan fingerprint density at radius 1 is 1.02 bits per heavy atom. The third-order valence-corrected chi connectivity index (χ3v) is 7.09. The lowest BCUT2D eigenvalue weighted by Gasteiger charge is -2.27. The summed E-state index contributed by atoms with van der Waals surface area (Å²) in [6, 6.07) is 10.8. The third kappa shape index (κ3) is 10.2. The summed E-state index contributed by atoms with van der Waals surface area (Å²) >= 11 is 0. The maximum Gasteiger partial charge on any atom is 0.408 e. The van der Waals surface area contributed by atoms with E-state index in [0.29, 0.717) is 24.2 Å². The Morgan fingerprint density at radius 2 is 1.72 bits per heavy atom. The number of aryl methyl sites for hydroxylation is 1. The lowest BCUT2D eigenvalue weighted by Crippen LogP contribution is -2.55. The van der Waals surface area contributed by atoms with Crippen molar-refractivity contribution in [1.82, 2.24) is 20.9 Å². The van der Waals surface area contributed by atoms with Crippen LogP contribution in [0.4, 0.5) is 21.0 Å². The van der Waals surface area contributed by atoms with E-state index in [2.05, 4.69) is 37.6 Å². The fraction of sp³-hybridized carbons (Fsp3) is 0.424. The molecule has 3 rings (SSSR count). The maximum atomic E-state index is 13.4. The minimum absolute atomic E-state index is 0.203. The van der Waals surface area contributed by atoms with Gasteiger partial charge in [0.15, 0.2) is 0 Å². The van der Waals surface area contributed by atoms with Gasteiger partial charge in [0.2, 0.25) is 11.8 Å². The lowest BCUT2D eigenvalue weighted by molar-refractivity contribution is -0.128. The quantitative estimate of drug-likeness (QED) is 0.135. The molecular weight excluding hydrogens is 588 g/mol. The van der Waals surface area contributed by atoms with E-state index in [-0.39, 0.29) is 18.9 Å². The smallest absolute Gasteiger partial charge is 0.408 e. The zero-order chi connectivity index (χ0) is 34.0. The van der Waals surface area contributed by atoms with E-state index in [0.717, 1.165) is 27.7 Å². The summed E-state index contributed by atoms with van der Waals surface area (Å²) in [5, 5.41) is 24.4. The largest absolute Gasteiger partial charge is 0.444 e. The number of aromatic amines is 1. The van der Waals surface area contributed by atoms with Crippen molar-refractivity contribution in [2.24, 2.45) is 11.7 Å². The molecule has 0 saturated carbocycles. The molecular formula is C33H44N8O5.